The van der Waals surface area contributed by atoms with Crippen molar-refractivity contribution < 1.29 is 22.6 Å². The van der Waals surface area contributed by atoms with Gasteiger partial charge < -0.3 is 19.8 Å². The van der Waals surface area contributed by atoms with Crippen LogP contribution in [-0.4, -0.2) is 33.4 Å². The summed E-state index contributed by atoms with van der Waals surface area (Å²) < 4.78 is 46.0. The van der Waals surface area contributed by atoms with Crippen LogP contribution in [-0.2, 0) is 0 Å². The number of nitrogens with zero attached hydrogens (tertiary/aromatic N) is 3. The van der Waals surface area contributed by atoms with Gasteiger partial charge >= 0.3 is 6.36 Å². The van der Waals surface area contributed by atoms with Gasteiger partial charge in [0.25, 0.3) is 5.56 Å². The summed E-state index contributed by atoms with van der Waals surface area (Å²) >= 11 is 0. The first-order valence-corrected chi connectivity index (χ1v) is 8.84. The first-order valence-electron chi connectivity index (χ1n) is 8.84. The highest BCUT2D eigenvalue weighted by molar-refractivity contribution is 5.94. The van der Waals surface area contributed by atoms with Crippen molar-refractivity contribution in [1.29, 1.82) is 0 Å². The Balaban J connectivity index is 1.76. The van der Waals surface area contributed by atoms with Crippen molar-refractivity contribution in [3.63, 3.8) is 0 Å². The van der Waals surface area contributed by atoms with Crippen molar-refractivity contribution in [2.24, 2.45) is 0 Å². The SMILES string of the molecule is COc1cncc(-c2cc3cc[nH]c(=O)c3c(Nc3ccc(OC(F)(F)F)cc3)n2)n1. The van der Waals surface area contributed by atoms with E-state index in [-0.39, 0.29) is 22.5 Å². The molecule has 8 nitrogen and oxygen atoms in total. The zero-order valence-corrected chi connectivity index (χ0v) is 15.9. The van der Waals surface area contributed by atoms with E-state index in [1.54, 1.807) is 12.1 Å². The third kappa shape index (κ3) is 4.55. The number of halogens is 3. The summed E-state index contributed by atoms with van der Waals surface area (Å²) in [4.78, 5) is 27.8. The molecule has 4 aromatic rings. The number of fused-ring (bicyclic) bond motifs is 1. The molecule has 0 atom stereocenters. The van der Waals surface area contributed by atoms with Crippen molar-refractivity contribution in [2.75, 3.05) is 12.4 Å². The molecule has 0 aliphatic carbocycles. The second-order valence-electron chi connectivity index (χ2n) is 6.27. The molecule has 0 radical (unpaired) electrons. The van der Waals surface area contributed by atoms with Gasteiger partial charge in [0.15, 0.2) is 0 Å². The second kappa shape index (κ2) is 7.94. The average molecular weight is 429 g/mol. The Morgan fingerprint density at radius 3 is 2.52 bits per heavy atom. The molecule has 3 aromatic heterocycles. The van der Waals surface area contributed by atoms with Crippen LogP contribution in [0.1, 0.15) is 0 Å². The number of rotatable bonds is 5. The lowest BCUT2D eigenvalue weighted by molar-refractivity contribution is -0.274. The fourth-order valence-electron chi connectivity index (χ4n) is 2.88. The number of benzene rings is 1. The predicted molar refractivity (Wildman–Crippen MR) is 106 cm³/mol. The molecule has 0 unspecified atom stereocenters. The number of methoxy groups -OCH3 is 1. The third-order valence-corrected chi connectivity index (χ3v) is 4.19. The van der Waals surface area contributed by atoms with E-state index in [0.717, 1.165) is 12.1 Å². The lowest BCUT2D eigenvalue weighted by Crippen LogP contribution is -2.17. The Bertz CT molecular complexity index is 1290. The number of ether oxygens (including phenoxy) is 2. The molecule has 3 heterocycles. The first kappa shape index (κ1) is 20.1. The van der Waals surface area contributed by atoms with Gasteiger partial charge in [0.05, 0.1) is 30.6 Å². The highest BCUT2D eigenvalue weighted by Crippen LogP contribution is 2.29. The van der Waals surface area contributed by atoms with Crippen LogP contribution in [0.25, 0.3) is 22.2 Å². The van der Waals surface area contributed by atoms with E-state index in [1.165, 1.54) is 37.8 Å². The number of anilines is 2. The molecule has 158 valence electrons. The number of nitrogens with one attached hydrogen (secondary N) is 2. The van der Waals surface area contributed by atoms with Gasteiger partial charge in [-0.1, -0.05) is 0 Å². The number of alkyl halides is 3. The summed E-state index contributed by atoms with van der Waals surface area (Å²) in [5.41, 5.74) is 0.857. The molecular weight excluding hydrogens is 415 g/mol. The lowest BCUT2D eigenvalue weighted by atomic mass is 10.1. The number of pyridine rings is 2. The number of H-pyrrole nitrogens is 1. The van der Waals surface area contributed by atoms with E-state index < -0.39 is 6.36 Å². The minimum Gasteiger partial charge on any atom is -0.480 e. The molecule has 0 aliphatic rings. The average Bonchev–Trinajstić information content (AvgIpc) is 2.74. The Kier molecular flexibility index (Phi) is 5.15. The van der Waals surface area contributed by atoms with E-state index in [0.29, 0.717) is 28.3 Å². The number of aromatic nitrogens is 4. The number of hydrogen-bond donors (Lipinski definition) is 2. The fraction of sp³-hybridized carbons (Fsp3) is 0.100. The maximum Gasteiger partial charge on any atom is 0.573 e. The smallest absolute Gasteiger partial charge is 0.480 e. The quantitative estimate of drug-likeness (QED) is 0.494. The van der Waals surface area contributed by atoms with Crippen LogP contribution in [0.3, 0.4) is 0 Å². The van der Waals surface area contributed by atoms with E-state index >= 15 is 0 Å². The molecule has 0 saturated carbocycles. The summed E-state index contributed by atoms with van der Waals surface area (Å²) in [5.74, 6) is 0.123. The second-order valence-corrected chi connectivity index (χ2v) is 6.27. The van der Waals surface area contributed by atoms with Crippen LogP contribution >= 0.6 is 0 Å². The van der Waals surface area contributed by atoms with E-state index in [1.807, 2.05) is 0 Å². The molecule has 2 N–H and O–H groups in total. The topological polar surface area (TPSA) is 102 Å². The highest BCUT2D eigenvalue weighted by Gasteiger charge is 2.31. The van der Waals surface area contributed by atoms with E-state index in [9.17, 15) is 18.0 Å². The fourth-order valence-corrected chi connectivity index (χ4v) is 2.88. The van der Waals surface area contributed by atoms with Crippen LogP contribution in [0, 0.1) is 0 Å². The largest absolute Gasteiger partial charge is 0.573 e. The van der Waals surface area contributed by atoms with Crippen LogP contribution in [0.2, 0.25) is 0 Å². The Hall–Kier alpha value is -4.15. The van der Waals surface area contributed by atoms with Gasteiger partial charge in [-0.15, -0.1) is 13.2 Å². The van der Waals surface area contributed by atoms with Gasteiger partial charge in [-0.05, 0) is 41.8 Å². The summed E-state index contributed by atoms with van der Waals surface area (Å²) in [6.45, 7) is 0. The molecule has 0 saturated heterocycles. The Morgan fingerprint density at radius 1 is 1.03 bits per heavy atom. The first-order chi connectivity index (χ1) is 14.8. The Morgan fingerprint density at radius 2 is 1.81 bits per heavy atom. The highest BCUT2D eigenvalue weighted by atomic mass is 19.4. The maximum atomic E-state index is 12.4. The van der Waals surface area contributed by atoms with Crippen molar-refractivity contribution in [3.05, 3.63) is 65.3 Å². The normalized spacial score (nSPS) is 11.4. The van der Waals surface area contributed by atoms with Crippen molar-refractivity contribution in [2.45, 2.75) is 6.36 Å². The van der Waals surface area contributed by atoms with Gasteiger partial charge in [-0.3, -0.25) is 9.78 Å². The third-order valence-electron chi connectivity index (χ3n) is 4.19. The van der Waals surface area contributed by atoms with E-state index in [4.69, 9.17) is 4.74 Å². The summed E-state index contributed by atoms with van der Waals surface area (Å²) in [7, 11) is 1.46. The Labute approximate surface area is 172 Å². The lowest BCUT2D eigenvalue weighted by Gasteiger charge is -2.12. The van der Waals surface area contributed by atoms with Gasteiger partial charge in [0.2, 0.25) is 5.88 Å². The van der Waals surface area contributed by atoms with Crippen molar-refractivity contribution in [1.82, 2.24) is 19.9 Å². The van der Waals surface area contributed by atoms with Crippen molar-refractivity contribution >= 4 is 22.3 Å². The zero-order chi connectivity index (χ0) is 22.0. The molecule has 0 bridgehead atoms. The van der Waals surface area contributed by atoms with Crippen LogP contribution in [0.15, 0.2) is 59.8 Å². The van der Waals surface area contributed by atoms with Gasteiger partial charge in [0, 0.05) is 11.9 Å². The molecule has 0 amide bonds. The predicted octanol–water partition coefficient (Wildman–Crippen LogP) is 4.03. The minimum absolute atomic E-state index is 0.198. The molecule has 11 heteroatoms. The minimum atomic E-state index is -4.79. The zero-order valence-electron chi connectivity index (χ0n) is 15.9. The summed E-state index contributed by atoms with van der Waals surface area (Å²) in [5, 5.41) is 3.83. The summed E-state index contributed by atoms with van der Waals surface area (Å²) in [6.07, 6.45) is -0.346. The maximum absolute atomic E-state index is 12.4. The summed E-state index contributed by atoms with van der Waals surface area (Å²) in [6, 6.07) is 8.44. The molecule has 0 aliphatic heterocycles. The molecule has 0 fully saturated rings. The molecule has 4 rings (SSSR count). The van der Waals surface area contributed by atoms with Gasteiger partial charge in [0.1, 0.15) is 17.3 Å². The molecule has 31 heavy (non-hydrogen) atoms. The van der Waals surface area contributed by atoms with Gasteiger partial charge in [-0.2, -0.15) is 0 Å². The van der Waals surface area contributed by atoms with Crippen molar-refractivity contribution in [3.8, 4) is 23.0 Å². The van der Waals surface area contributed by atoms with Gasteiger partial charge in [-0.25, -0.2) is 9.97 Å². The molecular formula is C20H14F3N5O3. The molecule has 1 aromatic carbocycles. The van der Waals surface area contributed by atoms with E-state index in [2.05, 4.69) is 30.0 Å². The monoisotopic (exact) mass is 429 g/mol. The van der Waals surface area contributed by atoms with Crippen LogP contribution in [0.5, 0.6) is 11.6 Å². The standard InChI is InChI=1S/C20H14F3N5O3/c1-30-16-10-24-9-15(27-16)14-8-11-6-7-25-19(29)17(11)18(28-14)26-12-2-4-13(5-3-12)31-20(21,22)23/h2-10H,1H3,(H,25,29)(H,26,28). The molecule has 0 spiro atoms. The van der Waals surface area contributed by atoms with Crippen LogP contribution in [0.4, 0.5) is 24.7 Å². The number of aromatic amines is 1. The number of hydrogen-bond acceptors (Lipinski definition) is 7. The van der Waals surface area contributed by atoms with Crippen LogP contribution < -0.4 is 20.3 Å².